The number of rotatable bonds is 14. The van der Waals surface area contributed by atoms with E-state index < -0.39 is 54.7 Å². The number of ketones is 1. The number of nitrogens with one attached hydrogen (secondary N) is 1. The summed E-state index contributed by atoms with van der Waals surface area (Å²) in [4.78, 5) is 38.9. The van der Waals surface area contributed by atoms with Crippen molar-refractivity contribution in [2.75, 3.05) is 19.8 Å². The smallest absolute Gasteiger partial charge is 0.329 e. The molecule has 0 bridgehead atoms. The third kappa shape index (κ3) is 7.32. The van der Waals surface area contributed by atoms with Crippen molar-refractivity contribution in [2.24, 2.45) is 0 Å². The quantitative estimate of drug-likeness (QED) is 0.189. The molecule has 0 saturated heterocycles. The lowest BCUT2D eigenvalue weighted by molar-refractivity contribution is -0.175. The predicted octanol–water partition coefficient (Wildman–Crippen LogP) is 6.58. The summed E-state index contributed by atoms with van der Waals surface area (Å²) >= 11 is 0. The highest BCUT2D eigenvalue weighted by Crippen LogP contribution is 2.46. The molecular formula is C30H36F4N2O6. The van der Waals surface area contributed by atoms with Crippen LogP contribution in [0, 0.1) is 0 Å². The maximum absolute atomic E-state index is 14.9. The summed E-state index contributed by atoms with van der Waals surface area (Å²) in [5.41, 5.74) is -1.80. The largest absolute Gasteiger partial charge is 0.493 e. The van der Waals surface area contributed by atoms with Crippen molar-refractivity contribution < 1.29 is 46.5 Å². The Morgan fingerprint density at radius 1 is 1.05 bits per heavy atom. The molecule has 1 atom stereocenters. The van der Waals surface area contributed by atoms with E-state index in [1.807, 2.05) is 0 Å². The second-order valence-electron chi connectivity index (χ2n) is 10.4. The molecule has 230 valence electrons. The van der Waals surface area contributed by atoms with Crippen LogP contribution >= 0.6 is 0 Å². The third-order valence-corrected chi connectivity index (χ3v) is 7.21. The highest BCUT2D eigenvalue weighted by Gasteiger charge is 2.62. The van der Waals surface area contributed by atoms with Crippen LogP contribution in [0.3, 0.4) is 0 Å². The fourth-order valence-corrected chi connectivity index (χ4v) is 5.09. The van der Waals surface area contributed by atoms with Gasteiger partial charge in [-0.05, 0) is 51.8 Å². The van der Waals surface area contributed by atoms with Crippen molar-refractivity contribution in [1.82, 2.24) is 10.2 Å². The molecule has 0 aromatic heterocycles. The molecule has 2 aromatic carbocycles. The van der Waals surface area contributed by atoms with E-state index in [0.717, 1.165) is 4.90 Å². The minimum Gasteiger partial charge on any atom is -0.493 e. The third-order valence-electron chi connectivity index (χ3n) is 7.21. The summed E-state index contributed by atoms with van der Waals surface area (Å²) < 4.78 is 68.6. The van der Waals surface area contributed by atoms with E-state index in [1.165, 1.54) is 43.3 Å². The Labute approximate surface area is 242 Å². The number of urea groups is 1. The zero-order valence-electron chi connectivity index (χ0n) is 24.0. The fourth-order valence-electron chi connectivity index (χ4n) is 5.09. The van der Waals surface area contributed by atoms with Crippen LogP contribution in [-0.2, 0) is 10.7 Å². The van der Waals surface area contributed by atoms with Gasteiger partial charge in [0.15, 0.2) is 11.3 Å². The van der Waals surface area contributed by atoms with E-state index in [9.17, 15) is 37.1 Å². The van der Waals surface area contributed by atoms with Crippen molar-refractivity contribution in [3.63, 3.8) is 0 Å². The van der Waals surface area contributed by atoms with E-state index in [0.29, 0.717) is 5.56 Å². The number of carbonyl (C=O) groups is 3. The molecule has 1 aliphatic rings. The van der Waals surface area contributed by atoms with Gasteiger partial charge in [-0.1, -0.05) is 30.3 Å². The number of nitrogens with zero attached hydrogens (tertiary/aromatic N) is 1. The van der Waals surface area contributed by atoms with Gasteiger partial charge in [-0.25, -0.2) is 27.2 Å². The highest BCUT2D eigenvalue weighted by molar-refractivity contribution is 6.00. The van der Waals surface area contributed by atoms with Crippen molar-refractivity contribution in [3.05, 3.63) is 59.2 Å². The second-order valence-corrected chi connectivity index (χ2v) is 10.4. The van der Waals surface area contributed by atoms with Gasteiger partial charge >= 0.3 is 12.0 Å². The zero-order chi connectivity index (χ0) is 31.3. The Bertz CT molecular complexity index is 1250. The SMILES string of the molecule is CCOc1cc([C@@H](C)N(CCCC(F)(F)c2ccccc2)C(=O)NC2(C(=O)O)CC(F)(F)C2)cc(OCC)c1C(C)=O. The van der Waals surface area contributed by atoms with Gasteiger partial charge in [0.25, 0.3) is 11.8 Å². The van der Waals surface area contributed by atoms with Gasteiger partial charge in [-0.2, -0.15) is 0 Å². The van der Waals surface area contributed by atoms with Crippen LogP contribution in [0.4, 0.5) is 22.4 Å². The Balaban J connectivity index is 1.96. The van der Waals surface area contributed by atoms with Crippen molar-refractivity contribution >= 4 is 17.8 Å². The first-order valence-corrected chi connectivity index (χ1v) is 13.7. The summed E-state index contributed by atoms with van der Waals surface area (Å²) in [5, 5.41) is 11.9. The van der Waals surface area contributed by atoms with Crippen molar-refractivity contribution in [2.45, 2.75) is 76.8 Å². The molecule has 0 radical (unpaired) electrons. The standard InChI is InChI=1S/C30H36F4N2O6/c1-5-41-23-15-21(16-24(42-6-2)25(23)20(4)37)19(3)36(14-10-13-30(33,34)22-11-8-7-9-12-22)27(40)35-28(26(38)39)17-29(31,32)18-28/h7-9,11-12,15-16,19H,5-6,10,13-14,17-18H2,1-4H3,(H,35,40)(H,38,39)/t19-/m1/s1. The normalized spacial score (nSPS) is 16.1. The molecule has 1 fully saturated rings. The molecule has 2 N–H and O–H groups in total. The highest BCUT2D eigenvalue weighted by atomic mass is 19.3. The Kier molecular flexibility index (Phi) is 10.1. The van der Waals surface area contributed by atoms with Gasteiger partial charge in [-0.3, -0.25) is 4.79 Å². The van der Waals surface area contributed by atoms with Crippen LogP contribution < -0.4 is 14.8 Å². The average Bonchev–Trinajstić information content (AvgIpc) is 2.90. The summed E-state index contributed by atoms with van der Waals surface area (Å²) in [6, 6.07) is 8.33. The van der Waals surface area contributed by atoms with Crippen LogP contribution in [-0.4, -0.2) is 59.0 Å². The number of alkyl halides is 4. The summed E-state index contributed by atoms with van der Waals surface area (Å²) in [6.07, 6.45) is -3.01. The average molecular weight is 597 g/mol. The van der Waals surface area contributed by atoms with Crippen LogP contribution in [0.15, 0.2) is 42.5 Å². The first-order valence-electron chi connectivity index (χ1n) is 13.7. The number of carboxylic acid groups (broad SMARTS) is 1. The predicted molar refractivity (Wildman–Crippen MR) is 147 cm³/mol. The fraction of sp³-hybridized carbons (Fsp3) is 0.500. The molecular weight excluding hydrogens is 560 g/mol. The summed E-state index contributed by atoms with van der Waals surface area (Å²) in [5.74, 6) is -8.04. The van der Waals surface area contributed by atoms with Crippen molar-refractivity contribution in [3.8, 4) is 11.5 Å². The second kappa shape index (κ2) is 13.0. The number of hydrogen-bond acceptors (Lipinski definition) is 5. The lowest BCUT2D eigenvalue weighted by atomic mass is 9.73. The Morgan fingerprint density at radius 2 is 1.60 bits per heavy atom. The van der Waals surface area contributed by atoms with Gasteiger partial charge in [0, 0.05) is 31.4 Å². The van der Waals surface area contributed by atoms with Gasteiger partial charge in [0.1, 0.15) is 17.1 Å². The molecule has 2 amide bonds. The molecule has 1 saturated carbocycles. The number of carboxylic acids is 1. The molecule has 0 unspecified atom stereocenters. The number of benzene rings is 2. The number of halogens is 4. The molecule has 8 nitrogen and oxygen atoms in total. The molecule has 42 heavy (non-hydrogen) atoms. The van der Waals surface area contributed by atoms with Crippen LogP contribution in [0.2, 0.25) is 0 Å². The minimum absolute atomic E-state index is 0.189. The molecule has 0 aliphatic heterocycles. The Hall–Kier alpha value is -3.83. The number of hydrogen-bond donors (Lipinski definition) is 2. The van der Waals surface area contributed by atoms with Crippen LogP contribution in [0.5, 0.6) is 11.5 Å². The molecule has 12 heteroatoms. The maximum Gasteiger partial charge on any atom is 0.329 e. The van der Waals surface area contributed by atoms with Gasteiger partial charge < -0.3 is 24.8 Å². The van der Waals surface area contributed by atoms with Crippen LogP contribution in [0.1, 0.15) is 80.9 Å². The Morgan fingerprint density at radius 3 is 2.05 bits per heavy atom. The van der Waals surface area contributed by atoms with E-state index in [2.05, 4.69) is 5.32 Å². The lowest BCUT2D eigenvalue weighted by Gasteiger charge is -2.45. The number of ether oxygens (including phenoxy) is 2. The molecule has 1 aliphatic carbocycles. The van der Waals surface area contributed by atoms with Crippen LogP contribution in [0.25, 0.3) is 0 Å². The first kappa shape index (κ1) is 32.7. The number of Topliss-reactive ketones (excluding diaryl/α,β-unsaturated/α-hetero) is 1. The molecule has 0 spiro atoms. The van der Waals surface area contributed by atoms with E-state index in [1.54, 1.807) is 26.8 Å². The van der Waals surface area contributed by atoms with Gasteiger partial charge in [0.2, 0.25) is 0 Å². The number of aliphatic carboxylic acids is 1. The van der Waals surface area contributed by atoms with E-state index in [-0.39, 0.29) is 54.6 Å². The van der Waals surface area contributed by atoms with E-state index in [4.69, 9.17) is 9.47 Å². The lowest BCUT2D eigenvalue weighted by Crippen LogP contribution is -2.68. The topological polar surface area (TPSA) is 105 Å². The first-order chi connectivity index (χ1) is 19.7. The summed E-state index contributed by atoms with van der Waals surface area (Å²) in [7, 11) is 0. The monoisotopic (exact) mass is 596 g/mol. The molecule has 3 rings (SSSR count). The number of amides is 2. The maximum atomic E-state index is 14.9. The summed E-state index contributed by atoms with van der Waals surface area (Å²) in [6.45, 7) is 6.50. The van der Waals surface area contributed by atoms with Crippen molar-refractivity contribution in [1.29, 1.82) is 0 Å². The van der Waals surface area contributed by atoms with Gasteiger partial charge in [0.05, 0.1) is 19.3 Å². The molecule has 2 aromatic rings. The van der Waals surface area contributed by atoms with E-state index >= 15 is 0 Å². The molecule has 0 heterocycles. The number of carbonyl (C=O) groups excluding carboxylic acids is 2. The zero-order valence-corrected chi connectivity index (χ0v) is 24.0. The minimum atomic E-state index is -3.26. The van der Waals surface area contributed by atoms with Gasteiger partial charge in [-0.15, -0.1) is 0 Å².